The monoisotopic (exact) mass is 232 g/mol. The molecule has 60 valence electrons. The van der Waals surface area contributed by atoms with E-state index in [-0.39, 0.29) is 0 Å². The fourth-order valence-corrected chi connectivity index (χ4v) is 2.87. The van der Waals surface area contributed by atoms with Crippen molar-refractivity contribution in [2.45, 2.75) is 19.8 Å². The zero-order valence-electron chi connectivity index (χ0n) is 6.43. The third-order valence-corrected chi connectivity index (χ3v) is 3.30. The zero-order chi connectivity index (χ0) is 8.43. The number of halogens is 1. The molecular formula is C8H9BrOS. The van der Waals surface area contributed by atoms with Crippen molar-refractivity contribution >= 4 is 33.6 Å². The molecule has 0 spiro atoms. The topological polar surface area (TPSA) is 17.1 Å². The van der Waals surface area contributed by atoms with Crippen LogP contribution in [0.3, 0.4) is 0 Å². The molecule has 0 aromatic carbocycles. The van der Waals surface area contributed by atoms with Crippen molar-refractivity contribution in [2.24, 2.45) is 0 Å². The summed E-state index contributed by atoms with van der Waals surface area (Å²) in [6.45, 7) is 4.17. The Kier molecular flexibility index (Phi) is 2.84. The maximum absolute atomic E-state index is 10.5. The minimum absolute atomic E-state index is 0.413. The average Bonchev–Trinajstić information content (AvgIpc) is 2.30. The first-order valence-electron chi connectivity index (χ1n) is 3.39. The lowest BCUT2D eigenvalue weighted by molar-refractivity contribution is 0.112. The van der Waals surface area contributed by atoms with Crippen molar-refractivity contribution in [1.82, 2.24) is 0 Å². The second-order valence-corrected chi connectivity index (χ2v) is 4.85. The van der Waals surface area contributed by atoms with Gasteiger partial charge in [0.15, 0.2) is 6.29 Å². The van der Waals surface area contributed by atoms with Gasteiger partial charge in [-0.2, -0.15) is 0 Å². The fourth-order valence-electron chi connectivity index (χ4n) is 1.01. The molecule has 0 N–H and O–H groups in total. The molecule has 0 unspecified atom stereocenters. The van der Waals surface area contributed by atoms with Gasteiger partial charge in [0, 0.05) is 10.9 Å². The van der Waals surface area contributed by atoms with Crippen molar-refractivity contribution in [3.63, 3.8) is 0 Å². The number of hydrogen-bond donors (Lipinski definition) is 0. The highest BCUT2D eigenvalue weighted by atomic mass is 79.9. The molecule has 0 radical (unpaired) electrons. The fraction of sp³-hybridized carbons (Fsp3) is 0.375. The van der Waals surface area contributed by atoms with Crippen LogP contribution in [0.25, 0.3) is 0 Å². The molecule has 11 heavy (non-hydrogen) atoms. The molecule has 0 atom stereocenters. The summed E-state index contributed by atoms with van der Waals surface area (Å²) in [6.07, 6.45) is 0.913. The van der Waals surface area contributed by atoms with Crippen molar-refractivity contribution in [3.05, 3.63) is 20.3 Å². The summed E-state index contributed by atoms with van der Waals surface area (Å²) in [7, 11) is 0. The van der Waals surface area contributed by atoms with E-state index in [1.54, 1.807) is 11.3 Å². The van der Waals surface area contributed by atoms with Crippen LogP contribution in [-0.2, 0) is 0 Å². The lowest BCUT2D eigenvalue weighted by Gasteiger charge is -2.03. The van der Waals surface area contributed by atoms with E-state index in [2.05, 4.69) is 29.8 Å². The second-order valence-electron chi connectivity index (χ2n) is 2.65. The van der Waals surface area contributed by atoms with Crippen molar-refractivity contribution in [1.29, 1.82) is 0 Å². The van der Waals surface area contributed by atoms with Gasteiger partial charge in [-0.1, -0.05) is 13.8 Å². The van der Waals surface area contributed by atoms with Gasteiger partial charge in [-0.15, -0.1) is 11.3 Å². The van der Waals surface area contributed by atoms with E-state index < -0.39 is 0 Å². The third-order valence-electron chi connectivity index (χ3n) is 1.52. The summed E-state index contributed by atoms with van der Waals surface area (Å²) in [5, 5.41) is 1.88. The molecular weight excluding hydrogens is 224 g/mol. The molecule has 3 heteroatoms. The number of rotatable bonds is 2. The average molecular weight is 233 g/mol. The van der Waals surface area contributed by atoms with E-state index in [4.69, 9.17) is 0 Å². The van der Waals surface area contributed by atoms with Crippen LogP contribution >= 0.6 is 27.3 Å². The Morgan fingerprint density at radius 3 is 2.64 bits per heavy atom. The van der Waals surface area contributed by atoms with Gasteiger partial charge in [0.1, 0.15) is 0 Å². The number of carbonyl (C=O) groups excluding carboxylic acids is 1. The largest absolute Gasteiger partial charge is 0.298 e. The number of hydrogen-bond acceptors (Lipinski definition) is 2. The predicted octanol–water partition coefficient (Wildman–Crippen LogP) is 3.45. The molecule has 0 aliphatic carbocycles. The number of carbonyl (C=O) groups is 1. The SMILES string of the molecule is CC(C)c1c(C=O)csc1Br. The van der Waals surface area contributed by atoms with Crippen LogP contribution in [0.5, 0.6) is 0 Å². The molecule has 0 saturated carbocycles. The summed E-state index contributed by atoms with van der Waals surface area (Å²) < 4.78 is 1.08. The molecule has 0 fully saturated rings. The van der Waals surface area contributed by atoms with E-state index >= 15 is 0 Å². The third kappa shape index (κ3) is 1.71. The van der Waals surface area contributed by atoms with Crippen molar-refractivity contribution in [3.8, 4) is 0 Å². The second kappa shape index (κ2) is 3.50. The van der Waals surface area contributed by atoms with Crippen LogP contribution in [-0.4, -0.2) is 6.29 Å². The highest BCUT2D eigenvalue weighted by Crippen LogP contribution is 2.32. The van der Waals surface area contributed by atoms with Gasteiger partial charge < -0.3 is 0 Å². The summed E-state index contributed by atoms with van der Waals surface area (Å²) in [6, 6.07) is 0. The van der Waals surface area contributed by atoms with Gasteiger partial charge in [0.25, 0.3) is 0 Å². The van der Waals surface area contributed by atoms with Crippen LogP contribution in [0.15, 0.2) is 9.17 Å². The molecule has 1 heterocycles. The van der Waals surface area contributed by atoms with E-state index in [1.165, 1.54) is 0 Å². The van der Waals surface area contributed by atoms with Gasteiger partial charge in [-0.25, -0.2) is 0 Å². The molecule has 1 aromatic heterocycles. The van der Waals surface area contributed by atoms with Crippen molar-refractivity contribution in [2.75, 3.05) is 0 Å². The number of aldehydes is 1. The molecule has 0 aliphatic rings. The molecule has 1 aromatic rings. The molecule has 1 nitrogen and oxygen atoms in total. The quantitative estimate of drug-likeness (QED) is 0.715. The van der Waals surface area contributed by atoms with E-state index in [1.807, 2.05) is 5.38 Å². The Labute approximate surface area is 78.6 Å². The molecule has 1 rings (SSSR count). The summed E-state index contributed by atoms with van der Waals surface area (Å²) in [4.78, 5) is 10.5. The zero-order valence-corrected chi connectivity index (χ0v) is 8.83. The summed E-state index contributed by atoms with van der Waals surface area (Å²) in [5.74, 6) is 0.413. The van der Waals surface area contributed by atoms with Crippen LogP contribution in [0.1, 0.15) is 35.7 Å². The van der Waals surface area contributed by atoms with E-state index in [0.717, 1.165) is 21.2 Å². The Hall–Kier alpha value is -0.150. The molecule has 0 bridgehead atoms. The Morgan fingerprint density at radius 1 is 1.64 bits per heavy atom. The first kappa shape index (κ1) is 8.94. The van der Waals surface area contributed by atoms with E-state index in [9.17, 15) is 4.79 Å². The van der Waals surface area contributed by atoms with Gasteiger partial charge in [-0.05, 0) is 27.4 Å². The van der Waals surface area contributed by atoms with Gasteiger partial charge in [0.2, 0.25) is 0 Å². The maximum atomic E-state index is 10.5. The lowest BCUT2D eigenvalue weighted by atomic mass is 10.0. The highest BCUT2D eigenvalue weighted by Gasteiger charge is 2.11. The first-order chi connectivity index (χ1) is 5.16. The molecule has 0 aliphatic heterocycles. The van der Waals surface area contributed by atoms with Crippen LogP contribution in [0.4, 0.5) is 0 Å². The minimum Gasteiger partial charge on any atom is -0.298 e. The molecule has 0 saturated heterocycles. The maximum Gasteiger partial charge on any atom is 0.151 e. The minimum atomic E-state index is 0.413. The highest BCUT2D eigenvalue weighted by molar-refractivity contribution is 9.11. The van der Waals surface area contributed by atoms with Crippen LogP contribution in [0.2, 0.25) is 0 Å². The molecule has 0 amide bonds. The van der Waals surface area contributed by atoms with Crippen LogP contribution < -0.4 is 0 Å². The standard InChI is InChI=1S/C8H9BrOS/c1-5(2)7-6(3-10)4-11-8(7)9/h3-5H,1-2H3. The van der Waals surface area contributed by atoms with E-state index in [0.29, 0.717) is 5.92 Å². The Morgan fingerprint density at radius 2 is 2.27 bits per heavy atom. The Bertz CT molecular complexity index is 265. The smallest absolute Gasteiger partial charge is 0.151 e. The lowest BCUT2D eigenvalue weighted by Crippen LogP contribution is -1.90. The van der Waals surface area contributed by atoms with Gasteiger partial charge in [-0.3, -0.25) is 4.79 Å². The Balaban J connectivity index is 3.17. The number of thiophene rings is 1. The van der Waals surface area contributed by atoms with Gasteiger partial charge in [0.05, 0.1) is 3.79 Å². The van der Waals surface area contributed by atoms with Crippen LogP contribution in [0, 0.1) is 0 Å². The van der Waals surface area contributed by atoms with Gasteiger partial charge >= 0.3 is 0 Å². The first-order valence-corrected chi connectivity index (χ1v) is 5.06. The summed E-state index contributed by atoms with van der Waals surface area (Å²) >= 11 is 4.99. The normalized spacial score (nSPS) is 10.5. The van der Waals surface area contributed by atoms with Crippen molar-refractivity contribution < 1.29 is 4.79 Å². The predicted molar refractivity (Wildman–Crippen MR) is 51.5 cm³/mol. The summed E-state index contributed by atoms with van der Waals surface area (Å²) in [5.41, 5.74) is 1.95.